The molecule has 3 rings (SSSR count). The van der Waals surface area contributed by atoms with Gasteiger partial charge in [-0.15, -0.1) is 0 Å². The summed E-state index contributed by atoms with van der Waals surface area (Å²) in [4.78, 5) is 5.41. The normalized spacial score (nSPS) is 40.4. The molecule has 3 heterocycles. The Kier molecular flexibility index (Phi) is 3.69. The van der Waals surface area contributed by atoms with Gasteiger partial charge in [-0.25, -0.2) is 0 Å². The third-order valence-electron chi connectivity index (χ3n) is 4.78. The molecule has 3 unspecified atom stereocenters. The van der Waals surface area contributed by atoms with Crippen LogP contribution < -0.4 is 0 Å². The van der Waals surface area contributed by atoms with Crippen molar-refractivity contribution in [3.8, 4) is 0 Å². The first-order valence-corrected chi connectivity index (χ1v) is 7.42. The molecule has 0 aromatic carbocycles. The lowest BCUT2D eigenvalue weighted by molar-refractivity contribution is -0.0129. The zero-order chi connectivity index (χ0) is 11.7. The van der Waals surface area contributed by atoms with Crippen molar-refractivity contribution in [1.82, 2.24) is 9.80 Å². The highest BCUT2D eigenvalue weighted by atomic mass is 16.5. The maximum atomic E-state index is 5.78. The molecule has 0 N–H and O–H groups in total. The average molecular weight is 238 g/mol. The fourth-order valence-corrected chi connectivity index (χ4v) is 3.72. The minimum absolute atomic E-state index is 0.521. The Balaban J connectivity index is 1.57. The molecule has 0 amide bonds. The third-order valence-corrected chi connectivity index (χ3v) is 4.78. The van der Waals surface area contributed by atoms with Crippen molar-refractivity contribution in [2.24, 2.45) is 0 Å². The smallest absolute Gasteiger partial charge is 0.0702 e. The summed E-state index contributed by atoms with van der Waals surface area (Å²) in [5, 5.41) is 0. The Morgan fingerprint density at radius 2 is 2.06 bits per heavy atom. The van der Waals surface area contributed by atoms with Crippen molar-refractivity contribution >= 4 is 0 Å². The summed E-state index contributed by atoms with van der Waals surface area (Å²) in [7, 11) is 0. The highest BCUT2D eigenvalue weighted by molar-refractivity contribution is 4.90. The van der Waals surface area contributed by atoms with Gasteiger partial charge in [0.2, 0.25) is 0 Å². The second-order valence-corrected chi connectivity index (χ2v) is 6.08. The first-order chi connectivity index (χ1) is 8.33. The van der Waals surface area contributed by atoms with Crippen LogP contribution in [0.25, 0.3) is 0 Å². The molecule has 3 fully saturated rings. The molecule has 0 spiro atoms. The van der Waals surface area contributed by atoms with E-state index in [1.807, 2.05) is 0 Å². The maximum Gasteiger partial charge on any atom is 0.0702 e. The number of rotatable bonds is 2. The number of fused-ring (bicyclic) bond motifs is 1. The molecule has 3 saturated heterocycles. The summed E-state index contributed by atoms with van der Waals surface area (Å²) in [6, 6.07) is 1.55. The van der Waals surface area contributed by atoms with Crippen LogP contribution in [0.5, 0.6) is 0 Å². The summed E-state index contributed by atoms with van der Waals surface area (Å²) in [6.07, 6.45) is 7.32. The zero-order valence-corrected chi connectivity index (χ0v) is 11.1. The molecular weight excluding hydrogens is 212 g/mol. The van der Waals surface area contributed by atoms with Gasteiger partial charge in [0.1, 0.15) is 0 Å². The highest BCUT2D eigenvalue weighted by Gasteiger charge is 2.34. The van der Waals surface area contributed by atoms with E-state index in [4.69, 9.17) is 4.74 Å². The van der Waals surface area contributed by atoms with Crippen LogP contribution >= 0.6 is 0 Å². The molecule has 98 valence electrons. The van der Waals surface area contributed by atoms with Crippen molar-refractivity contribution in [2.45, 2.75) is 57.2 Å². The van der Waals surface area contributed by atoms with E-state index >= 15 is 0 Å². The van der Waals surface area contributed by atoms with Crippen molar-refractivity contribution in [3.05, 3.63) is 0 Å². The van der Waals surface area contributed by atoms with Crippen LogP contribution in [0.3, 0.4) is 0 Å². The number of hydrogen-bond acceptors (Lipinski definition) is 3. The second kappa shape index (κ2) is 5.25. The van der Waals surface area contributed by atoms with Gasteiger partial charge in [0, 0.05) is 38.3 Å². The number of piperazine rings is 1. The van der Waals surface area contributed by atoms with Gasteiger partial charge < -0.3 is 4.74 Å². The lowest BCUT2D eigenvalue weighted by Gasteiger charge is -2.48. The van der Waals surface area contributed by atoms with Gasteiger partial charge in [-0.05, 0) is 39.2 Å². The summed E-state index contributed by atoms with van der Waals surface area (Å²) in [6.45, 7) is 8.44. The van der Waals surface area contributed by atoms with E-state index in [2.05, 4.69) is 16.7 Å². The monoisotopic (exact) mass is 238 g/mol. The molecule has 3 nitrogen and oxygen atoms in total. The van der Waals surface area contributed by atoms with E-state index in [0.29, 0.717) is 12.1 Å². The standard InChI is InChI=1S/C14H26N2O/c1-12-9-15-7-3-2-5-13(15)10-16(12)11-14-6-4-8-17-14/h12-14H,2-11H2,1H3. The summed E-state index contributed by atoms with van der Waals surface area (Å²) in [5.74, 6) is 0. The maximum absolute atomic E-state index is 5.78. The van der Waals surface area contributed by atoms with Gasteiger partial charge in [-0.3, -0.25) is 9.80 Å². The Labute approximate surface area is 105 Å². The van der Waals surface area contributed by atoms with Crippen LogP contribution in [-0.2, 0) is 4.74 Å². The topological polar surface area (TPSA) is 15.7 Å². The molecule has 3 aliphatic rings. The molecule has 0 bridgehead atoms. The SMILES string of the molecule is CC1CN2CCCCC2CN1CC1CCCO1. The number of piperidine rings is 1. The molecule has 0 radical (unpaired) electrons. The number of nitrogens with zero attached hydrogens (tertiary/aromatic N) is 2. The van der Waals surface area contributed by atoms with Gasteiger partial charge in [0.05, 0.1) is 6.10 Å². The lowest BCUT2D eigenvalue weighted by Crippen LogP contribution is -2.59. The van der Waals surface area contributed by atoms with Crippen LogP contribution in [0.1, 0.15) is 39.0 Å². The summed E-state index contributed by atoms with van der Waals surface area (Å²) >= 11 is 0. The first-order valence-electron chi connectivity index (χ1n) is 7.42. The van der Waals surface area contributed by atoms with Crippen LogP contribution in [0, 0.1) is 0 Å². The molecule has 3 aliphatic heterocycles. The molecule has 3 atom stereocenters. The van der Waals surface area contributed by atoms with Gasteiger partial charge in [-0.2, -0.15) is 0 Å². The molecule has 0 aromatic rings. The van der Waals surface area contributed by atoms with E-state index in [1.165, 1.54) is 58.3 Å². The van der Waals surface area contributed by atoms with E-state index in [1.54, 1.807) is 0 Å². The van der Waals surface area contributed by atoms with Crippen LogP contribution in [0.4, 0.5) is 0 Å². The van der Waals surface area contributed by atoms with E-state index in [0.717, 1.165) is 12.6 Å². The van der Waals surface area contributed by atoms with Crippen molar-refractivity contribution in [3.63, 3.8) is 0 Å². The minimum Gasteiger partial charge on any atom is -0.377 e. The largest absolute Gasteiger partial charge is 0.377 e. The zero-order valence-electron chi connectivity index (χ0n) is 11.1. The molecule has 0 aromatic heterocycles. The predicted octanol–water partition coefficient (Wildman–Crippen LogP) is 1.72. The van der Waals surface area contributed by atoms with Crippen LogP contribution in [-0.4, -0.2) is 60.8 Å². The molecule has 0 saturated carbocycles. The van der Waals surface area contributed by atoms with Crippen molar-refractivity contribution in [2.75, 3.05) is 32.8 Å². The molecule has 17 heavy (non-hydrogen) atoms. The predicted molar refractivity (Wildman–Crippen MR) is 69.2 cm³/mol. The third kappa shape index (κ3) is 2.67. The van der Waals surface area contributed by atoms with Crippen molar-refractivity contribution in [1.29, 1.82) is 0 Å². The lowest BCUT2D eigenvalue weighted by atomic mass is 9.97. The fraction of sp³-hybridized carbons (Fsp3) is 1.00. The van der Waals surface area contributed by atoms with E-state index in [9.17, 15) is 0 Å². The Bertz CT molecular complexity index is 253. The summed E-state index contributed by atoms with van der Waals surface area (Å²) in [5.41, 5.74) is 0. The van der Waals surface area contributed by atoms with Crippen LogP contribution in [0.15, 0.2) is 0 Å². The first kappa shape index (κ1) is 11.9. The van der Waals surface area contributed by atoms with E-state index < -0.39 is 0 Å². The van der Waals surface area contributed by atoms with Gasteiger partial charge in [0.25, 0.3) is 0 Å². The number of ether oxygens (including phenoxy) is 1. The second-order valence-electron chi connectivity index (χ2n) is 6.08. The number of hydrogen-bond donors (Lipinski definition) is 0. The molecule has 3 heteroatoms. The molecule has 0 aliphatic carbocycles. The summed E-state index contributed by atoms with van der Waals surface area (Å²) < 4.78 is 5.78. The molecular formula is C14H26N2O. The Morgan fingerprint density at radius 3 is 2.88 bits per heavy atom. The van der Waals surface area contributed by atoms with E-state index in [-0.39, 0.29) is 0 Å². The van der Waals surface area contributed by atoms with Gasteiger partial charge in [0.15, 0.2) is 0 Å². The van der Waals surface area contributed by atoms with Gasteiger partial charge >= 0.3 is 0 Å². The van der Waals surface area contributed by atoms with Gasteiger partial charge in [-0.1, -0.05) is 6.42 Å². The fourth-order valence-electron chi connectivity index (χ4n) is 3.72. The minimum atomic E-state index is 0.521. The van der Waals surface area contributed by atoms with Crippen LogP contribution in [0.2, 0.25) is 0 Å². The Hall–Kier alpha value is -0.120. The highest BCUT2D eigenvalue weighted by Crippen LogP contribution is 2.25. The van der Waals surface area contributed by atoms with Crippen molar-refractivity contribution < 1.29 is 4.74 Å². The Morgan fingerprint density at radius 1 is 1.12 bits per heavy atom. The quantitative estimate of drug-likeness (QED) is 0.728. The average Bonchev–Trinajstić information content (AvgIpc) is 2.83.